The molecule has 106 valence electrons. The van der Waals surface area contributed by atoms with Gasteiger partial charge in [0.2, 0.25) is 0 Å². The van der Waals surface area contributed by atoms with E-state index in [1.165, 1.54) is 5.56 Å². The summed E-state index contributed by atoms with van der Waals surface area (Å²) in [7, 11) is 0. The van der Waals surface area contributed by atoms with Gasteiger partial charge >= 0.3 is 5.97 Å². The van der Waals surface area contributed by atoms with Gasteiger partial charge in [-0.2, -0.15) is 5.10 Å². The van der Waals surface area contributed by atoms with Gasteiger partial charge in [0.15, 0.2) is 5.82 Å². The number of anilines is 2. The van der Waals surface area contributed by atoms with E-state index in [4.69, 9.17) is 4.74 Å². The van der Waals surface area contributed by atoms with E-state index >= 15 is 0 Å². The molecule has 2 rings (SSSR count). The largest absolute Gasteiger partial charge is 0.462 e. The quantitative estimate of drug-likeness (QED) is 0.839. The minimum absolute atomic E-state index is 0.340. The Balaban J connectivity index is 2.32. The fourth-order valence-corrected chi connectivity index (χ4v) is 2.05. The highest BCUT2D eigenvalue weighted by atomic mass is 16.5. The molecule has 0 saturated carbocycles. The number of nitrogens with zero attached hydrogens (tertiary/aromatic N) is 1. The van der Waals surface area contributed by atoms with E-state index in [1.807, 2.05) is 26.0 Å². The van der Waals surface area contributed by atoms with Crippen LogP contribution in [-0.2, 0) is 4.74 Å². The maximum atomic E-state index is 12.0. The van der Waals surface area contributed by atoms with E-state index in [0.29, 0.717) is 23.7 Å². The minimum Gasteiger partial charge on any atom is -0.462 e. The maximum absolute atomic E-state index is 12.0. The fourth-order valence-electron chi connectivity index (χ4n) is 2.05. The number of aromatic nitrogens is 2. The molecule has 0 aliphatic rings. The molecule has 5 nitrogen and oxygen atoms in total. The van der Waals surface area contributed by atoms with E-state index in [2.05, 4.69) is 21.6 Å². The molecule has 0 fully saturated rings. The zero-order valence-corrected chi connectivity index (χ0v) is 12.2. The molecule has 0 bridgehead atoms. The van der Waals surface area contributed by atoms with E-state index in [0.717, 1.165) is 11.3 Å². The summed E-state index contributed by atoms with van der Waals surface area (Å²) in [6, 6.07) is 6.06. The highest BCUT2D eigenvalue weighted by Crippen LogP contribution is 2.24. The van der Waals surface area contributed by atoms with Gasteiger partial charge in [-0.1, -0.05) is 17.7 Å². The summed E-state index contributed by atoms with van der Waals surface area (Å²) in [5.41, 5.74) is 4.35. The van der Waals surface area contributed by atoms with Crippen molar-refractivity contribution in [2.45, 2.75) is 27.7 Å². The first-order chi connectivity index (χ1) is 9.52. The van der Waals surface area contributed by atoms with Crippen LogP contribution in [0.2, 0.25) is 0 Å². The van der Waals surface area contributed by atoms with Crippen molar-refractivity contribution in [2.75, 3.05) is 11.9 Å². The number of carbonyl (C=O) groups excluding carboxylic acids is 1. The lowest BCUT2D eigenvalue weighted by Crippen LogP contribution is -2.08. The number of hydrogen-bond donors (Lipinski definition) is 2. The Hall–Kier alpha value is -2.30. The number of aryl methyl sites for hydroxylation is 3. The Bertz CT molecular complexity index is 632. The first-order valence-electron chi connectivity index (χ1n) is 6.59. The molecule has 0 atom stereocenters. The van der Waals surface area contributed by atoms with Crippen LogP contribution in [0.5, 0.6) is 0 Å². The second-order valence-electron chi connectivity index (χ2n) is 4.74. The van der Waals surface area contributed by atoms with Crippen molar-refractivity contribution < 1.29 is 9.53 Å². The number of H-pyrrole nitrogens is 1. The third-order valence-electron chi connectivity index (χ3n) is 3.06. The smallest absolute Gasteiger partial charge is 0.343 e. The number of hydrogen-bond acceptors (Lipinski definition) is 4. The van der Waals surface area contributed by atoms with Crippen molar-refractivity contribution in [3.05, 3.63) is 40.6 Å². The predicted octanol–water partition coefficient (Wildman–Crippen LogP) is 3.26. The second kappa shape index (κ2) is 5.77. The molecule has 1 aromatic carbocycles. The highest BCUT2D eigenvalue weighted by Gasteiger charge is 2.19. The monoisotopic (exact) mass is 273 g/mol. The second-order valence-corrected chi connectivity index (χ2v) is 4.74. The first kappa shape index (κ1) is 14.1. The molecule has 5 heteroatoms. The van der Waals surface area contributed by atoms with Gasteiger partial charge in [0.25, 0.3) is 0 Å². The lowest BCUT2D eigenvalue weighted by atomic mass is 10.1. The summed E-state index contributed by atoms with van der Waals surface area (Å²) in [5, 5.41) is 10.1. The Morgan fingerprint density at radius 3 is 2.75 bits per heavy atom. The van der Waals surface area contributed by atoms with Crippen LogP contribution < -0.4 is 5.32 Å². The average molecular weight is 273 g/mol. The van der Waals surface area contributed by atoms with Crippen molar-refractivity contribution in [1.29, 1.82) is 0 Å². The lowest BCUT2D eigenvalue weighted by molar-refractivity contribution is 0.0527. The molecular weight excluding hydrogens is 254 g/mol. The average Bonchev–Trinajstić information content (AvgIpc) is 2.74. The zero-order valence-electron chi connectivity index (χ0n) is 12.2. The summed E-state index contributed by atoms with van der Waals surface area (Å²) in [5.74, 6) is 0.124. The predicted molar refractivity (Wildman–Crippen MR) is 78.5 cm³/mol. The molecule has 2 aromatic rings. The van der Waals surface area contributed by atoms with Gasteiger partial charge in [0, 0.05) is 11.4 Å². The van der Waals surface area contributed by atoms with Gasteiger partial charge < -0.3 is 10.1 Å². The van der Waals surface area contributed by atoms with E-state index in [9.17, 15) is 4.79 Å². The molecular formula is C15H19N3O2. The molecule has 0 radical (unpaired) electrons. The molecule has 1 heterocycles. The van der Waals surface area contributed by atoms with Crippen LogP contribution in [0.25, 0.3) is 0 Å². The maximum Gasteiger partial charge on any atom is 0.343 e. The van der Waals surface area contributed by atoms with E-state index in [-0.39, 0.29) is 5.97 Å². The number of benzene rings is 1. The number of aromatic amines is 1. The summed E-state index contributed by atoms with van der Waals surface area (Å²) >= 11 is 0. The molecule has 0 unspecified atom stereocenters. The van der Waals surface area contributed by atoms with Crippen LogP contribution in [0, 0.1) is 20.8 Å². The van der Waals surface area contributed by atoms with Gasteiger partial charge in [0.05, 0.1) is 6.61 Å². The summed E-state index contributed by atoms with van der Waals surface area (Å²) in [6.45, 7) is 7.97. The molecule has 0 spiro atoms. The normalized spacial score (nSPS) is 10.4. The Kier molecular flexibility index (Phi) is 4.08. The molecule has 0 amide bonds. The number of nitrogens with one attached hydrogen (secondary N) is 2. The zero-order chi connectivity index (χ0) is 14.7. The summed E-state index contributed by atoms with van der Waals surface area (Å²) in [6.07, 6.45) is 0. The molecule has 1 aromatic heterocycles. The van der Waals surface area contributed by atoms with Crippen LogP contribution in [0.4, 0.5) is 11.5 Å². The molecule has 2 N–H and O–H groups in total. The summed E-state index contributed by atoms with van der Waals surface area (Å²) in [4.78, 5) is 12.0. The molecule has 0 aliphatic carbocycles. The Morgan fingerprint density at radius 1 is 1.35 bits per heavy atom. The van der Waals surface area contributed by atoms with Crippen molar-refractivity contribution in [1.82, 2.24) is 10.2 Å². The Morgan fingerprint density at radius 2 is 2.10 bits per heavy atom. The lowest BCUT2D eigenvalue weighted by Gasteiger charge is -2.09. The number of rotatable bonds is 4. The van der Waals surface area contributed by atoms with Crippen LogP contribution in [-0.4, -0.2) is 22.8 Å². The third-order valence-corrected chi connectivity index (χ3v) is 3.06. The van der Waals surface area contributed by atoms with Crippen LogP contribution in [0.15, 0.2) is 18.2 Å². The highest BCUT2D eigenvalue weighted by molar-refractivity contribution is 5.96. The molecule has 20 heavy (non-hydrogen) atoms. The van der Waals surface area contributed by atoms with Gasteiger partial charge in [0.1, 0.15) is 5.56 Å². The minimum atomic E-state index is -0.369. The van der Waals surface area contributed by atoms with Crippen LogP contribution in [0.3, 0.4) is 0 Å². The SMILES string of the molecule is CCOC(=O)c1c(Nc2ccc(C)cc2C)n[nH]c1C. The van der Waals surface area contributed by atoms with E-state index in [1.54, 1.807) is 13.8 Å². The first-order valence-corrected chi connectivity index (χ1v) is 6.59. The Labute approximate surface area is 118 Å². The van der Waals surface area contributed by atoms with Gasteiger partial charge in [-0.3, -0.25) is 5.10 Å². The topological polar surface area (TPSA) is 67.0 Å². The van der Waals surface area contributed by atoms with Crippen LogP contribution in [0.1, 0.15) is 34.1 Å². The van der Waals surface area contributed by atoms with Gasteiger partial charge in [-0.05, 0) is 39.3 Å². The van der Waals surface area contributed by atoms with Crippen molar-refractivity contribution in [3.8, 4) is 0 Å². The molecule has 0 saturated heterocycles. The number of carbonyl (C=O) groups is 1. The third kappa shape index (κ3) is 2.82. The number of ether oxygens (including phenoxy) is 1. The standard InChI is InChI=1S/C15H19N3O2/c1-5-20-15(19)13-11(4)17-18-14(13)16-12-7-6-9(2)8-10(12)3/h6-8H,5H2,1-4H3,(H2,16,17,18). The number of esters is 1. The van der Waals surface area contributed by atoms with Crippen molar-refractivity contribution >= 4 is 17.5 Å². The fraction of sp³-hybridized carbons (Fsp3) is 0.333. The van der Waals surface area contributed by atoms with E-state index < -0.39 is 0 Å². The van der Waals surface area contributed by atoms with Gasteiger partial charge in [-0.15, -0.1) is 0 Å². The molecule has 0 aliphatic heterocycles. The van der Waals surface area contributed by atoms with Gasteiger partial charge in [-0.25, -0.2) is 4.79 Å². The summed E-state index contributed by atoms with van der Waals surface area (Å²) < 4.78 is 5.06. The van der Waals surface area contributed by atoms with Crippen molar-refractivity contribution in [2.24, 2.45) is 0 Å². The van der Waals surface area contributed by atoms with Crippen molar-refractivity contribution in [3.63, 3.8) is 0 Å². The van der Waals surface area contributed by atoms with Crippen LogP contribution >= 0.6 is 0 Å².